The van der Waals surface area contributed by atoms with Crippen LogP contribution in [0.5, 0.6) is 0 Å². The monoisotopic (exact) mass is 278 g/mol. The van der Waals surface area contributed by atoms with E-state index < -0.39 is 31.3 Å². The maximum Gasteiger partial charge on any atom is 0.292 e. The normalized spacial score (nSPS) is 11.4. The zero-order valence-corrected chi connectivity index (χ0v) is 9.98. The fraction of sp³-hybridized carbons (Fsp3) is 0.333. The number of nitro benzene ring substituents is 1. The van der Waals surface area contributed by atoms with E-state index in [-0.39, 0.29) is 19.6 Å². The Balaban J connectivity index is 3.12. The fourth-order valence-corrected chi connectivity index (χ4v) is 2.45. The van der Waals surface area contributed by atoms with Crippen molar-refractivity contribution >= 4 is 15.7 Å². The van der Waals surface area contributed by atoms with Crippen molar-refractivity contribution in [3.05, 3.63) is 34.1 Å². The van der Waals surface area contributed by atoms with Crippen molar-refractivity contribution in [1.29, 1.82) is 0 Å². The average Bonchev–Trinajstić information content (AvgIpc) is 2.28. The quantitative estimate of drug-likeness (QED) is 0.444. The molecule has 0 radical (unpaired) electrons. The minimum Gasteiger partial charge on any atom is -0.396 e. The summed E-state index contributed by atoms with van der Waals surface area (Å²) in [4.78, 5) is 9.08. The number of benzene rings is 1. The molecule has 0 aliphatic rings. The topological polar surface area (TPSA) is 110 Å². The van der Waals surface area contributed by atoms with Crippen LogP contribution in [0.3, 0.4) is 0 Å². The van der Waals surface area contributed by atoms with Gasteiger partial charge in [-0.2, -0.15) is 0 Å². The third kappa shape index (κ3) is 3.45. The number of hydrogen-bond donors (Lipinski definition) is 2. The Hall–Kier alpha value is -1.58. The summed E-state index contributed by atoms with van der Waals surface area (Å²) in [7, 11) is -4.09. The van der Waals surface area contributed by atoms with Gasteiger partial charge in [-0.3, -0.25) is 10.1 Å². The first-order valence-corrected chi connectivity index (χ1v) is 6.41. The highest BCUT2D eigenvalue weighted by atomic mass is 32.2. The van der Waals surface area contributed by atoms with Crippen LogP contribution in [0.2, 0.25) is 0 Å². The van der Waals surface area contributed by atoms with E-state index in [0.29, 0.717) is 6.07 Å². The van der Waals surface area contributed by atoms with Crippen LogP contribution in [0.1, 0.15) is 6.42 Å². The van der Waals surface area contributed by atoms with Gasteiger partial charge in [-0.05, 0) is 18.6 Å². The standard InChI is InChI=1S/C9H11FN2O5S/c10-7-2-3-9(8(6-7)12(14)15)18(16,17)11-4-1-5-13/h2-3,6,11,13H,1,4-5H2. The van der Waals surface area contributed by atoms with Crippen molar-refractivity contribution in [1.82, 2.24) is 4.72 Å². The number of halogens is 1. The highest BCUT2D eigenvalue weighted by Gasteiger charge is 2.25. The van der Waals surface area contributed by atoms with E-state index in [1.54, 1.807) is 0 Å². The lowest BCUT2D eigenvalue weighted by atomic mass is 10.3. The number of hydrogen-bond acceptors (Lipinski definition) is 5. The van der Waals surface area contributed by atoms with Crippen molar-refractivity contribution in [2.75, 3.05) is 13.2 Å². The van der Waals surface area contributed by atoms with Crippen LogP contribution in [-0.4, -0.2) is 31.6 Å². The first kappa shape index (κ1) is 14.5. The number of nitro groups is 1. The molecule has 0 atom stereocenters. The minimum atomic E-state index is -4.09. The van der Waals surface area contributed by atoms with Gasteiger partial charge < -0.3 is 5.11 Å². The largest absolute Gasteiger partial charge is 0.396 e. The van der Waals surface area contributed by atoms with Gasteiger partial charge in [0.2, 0.25) is 10.0 Å². The van der Waals surface area contributed by atoms with E-state index in [1.165, 1.54) is 0 Å². The van der Waals surface area contributed by atoms with Crippen molar-refractivity contribution in [2.45, 2.75) is 11.3 Å². The predicted octanol–water partition coefficient (Wildman–Crippen LogP) is 0.395. The lowest BCUT2D eigenvalue weighted by Crippen LogP contribution is -2.26. The van der Waals surface area contributed by atoms with Crippen molar-refractivity contribution in [3.8, 4) is 0 Å². The first-order chi connectivity index (χ1) is 8.38. The Labute approximate surface area is 102 Å². The van der Waals surface area contributed by atoms with Crippen LogP contribution >= 0.6 is 0 Å². The molecule has 0 aromatic heterocycles. The fourth-order valence-electron chi connectivity index (χ4n) is 1.22. The molecule has 0 aliphatic carbocycles. The molecule has 0 spiro atoms. The summed E-state index contributed by atoms with van der Waals surface area (Å²) in [6.07, 6.45) is 0.175. The third-order valence-electron chi connectivity index (χ3n) is 2.03. The summed E-state index contributed by atoms with van der Waals surface area (Å²) in [5.74, 6) is -0.893. The Morgan fingerprint density at radius 3 is 2.67 bits per heavy atom. The maximum atomic E-state index is 12.8. The number of sulfonamides is 1. The summed E-state index contributed by atoms with van der Waals surface area (Å²) in [5, 5.41) is 19.2. The predicted molar refractivity (Wildman–Crippen MR) is 59.9 cm³/mol. The third-order valence-corrected chi connectivity index (χ3v) is 3.54. The number of nitrogens with one attached hydrogen (secondary N) is 1. The van der Waals surface area contributed by atoms with Gasteiger partial charge in [0.15, 0.2) is 4.90 Å². The van der Waals surface area contributed by atoms with Crippen molar-refractivity contribution in [3.63, 3.8) is 0 Å². The van der Waals surface area contributed by atoms with E-state index in [9.17, 15) is 22.9 Å². The molecule has 1 aromatic rings. The zero-order valence-electron chi connectivity index (χ0n) is 9.17. The second-order valence-corrected chi connectivity index (χ2v) is 5.08. The van der Waals surface area contributed by atoms with E-state index in [0.717, 1.165) is 12.1 Å². The van der Waals surface area contributed by atoms with Crippen molar-refractivity contribution < 1.29 is 22.8 Å². The Morgan fingerprint density at radius 2 is 2.11 bits per heavy atom. The molecule has 0 aliphatic heterocycles. The van der Waals surface area contributed by atoms with Crippen LogP contribution in [0.4, 0.5) is 10.1 Å². The summed E-state index contributed by atoms with van der Waals surface area (Å²) < 4.78 is 38.4. The average molecular weight is 278 g/mol. The zero-order chi connectivity index (χ0) is 13.8. The second-order valence-electron chi connectivity index (χ2n) is 3.34. The van der Waals surface area contributed by atoms with Crippen LogP contribution in [-0.2, 0) is 10.0 Å². The lowest BCUT2D eigenvalue weighted by Gasteiger charge is -2.06. The number of aliphatic hydroxyl groups excluding tert-OH is 1. The molecular weight excluding hydrogens is 267 g/mol. The van der Waals surface area contributed by atoms with Gasteiger partial charge in [0, 0.05) is 13.2 Å². The molecule has 18 heavy (non-hydrogen) atoms. The van der Waals surface area contributed by atoms with Gasteiger partial charge >= 0.3 is 0 Å². The summed E-state index contributed by atoms with van der Waals surface area (Å²) in [5.41, 5.74) is -0.827. The summed E-state index contributed by atoms with van der Waals surface area (Å²) in [6.45, 7) is -0.276. The molecule has 0 heterocycles. The molecule has 9 heteroatoms. The molecule has 0 bridgehead atoms. The van der Waals surface area contributed by atoms with Crippen LogP contribution < -0.4 is 4.72 Å². The SMILES string of the molecule is O=[N+]([O-])c1cc(F)ccc1S(=O)(=O)NCCCO. The molecule has 0 amide bonds. The summed E-state index contributed by atoms with van der Waals surface area (Å²) in [6, 6.07) is 2.20. The molecule has 7 nitrogen and oxygen atoms in total. The van der Waals surface area contributed by atoms with E-state index in [1.807, 2.05) is 0 Å². The van der Waals surface area contributed by atoms with Gasteiger partial charge in [-0.15, -0.1) is 0 Å². The van der Waals surface area contributed by atoms with Crippen molar-refractivity contribution in [2.24, 2.45) is 0 Å². The van der Waals surface area contributed by atoms with Gasteiger partial charge in [0.1, 0.15) is 5.82 Å². The van der Waals surface area contributed by atoms with E-state index in [4.69, 9.17) is 5.11 Å². The molecule has 100 valence electrons. The summed E-state index contributed by atoms with van der Waals surface area (Å²) >= 11 is 0. The Morgan fingerprint density at radius 1 is 1.44 bits per heavy atom. The molecular formula is C9H11FN2O5S. The molecule has 0 saturated heterocycles. The molecule has 1 aromatic carbocycles. The van der Waals surface area contributed by atoms with E-state index in [2.05, 4.69) is 4.72 Å². The van der Waals surface area contributed by atoms with Crippen LogP contribution in [0.15, 0.2) is 23.1 Å². The first-order valence-electron chi connectivity index (χ1n) is 4.93. The molecule has 1 rings (SSSR count). The highest BCUT2D eigenvalue weighted by molar-refractivity contribution is 7.89. The molecule has 0 saturated carbocycles. The van der Waals surface area contributed by atoms with Gasteiger partial charge in [0.05, 0.1) is 11.0 Å². The maximum absolute atomic E-state index is 12.8. The van der Waals surface area contributed by atoms with Gasteiger partial charge in [-0.25, -0.2) is 17.5 Å². The lowest BCUT2D eigenvalue weighted by molar-refractivity contribution is -0.388. The molecule has 0 fully saturated rings. The van der Waals surface area contributed by atoms with E-state index >= 15 is 0 Å². The minimum absolute atomic E-state index is 0.0621. The molecule has 2 N–H and O–H groups in total. The number of aliphatic hydroxyl groups is 1. The Bertz CT molecular complexity index is 546. The second kappa shape index (κ2) is 5.85. The smallest absolute Gasteiger partial charge is 0.292 e. The van der Waals surface area contributed by atoms with Crippen LogP contribution in [0, 0.1) is 15.9 Å². The van der Waals surface area contributed by atoms with Gasteiger partial charge in [-0.1, -0.05) is 0 Å². The highest BCUT2D eigenvalue weighted by Crippen LogP contribution is 2.24. The number of rotatable bonds is 6. The Kier molecular flexibility index (Phi) is 4.70. The van der Waals surface area contributed by atoms with Crippen LogP contribution in [0.25, 0.3) is 0 Å². The molecule has 0 unspecified atom stereocenters. The number of nitrogens with zero attached hydrogens (tertiary/aromatic N) is 1. The van der Waals surface area contributed by atoms with Gasteiger partial charge in [0.25, 0.3) is 5.69 Å².